The third kappa shape index (κ3) is 3.63. The molecule has 0 N–H and O–H groups in total. The van der Waals surface area contributed by atoms with Crippen molar-refractivity contribution in [2.24, 2.45) is 0 Å². The van der Waals surface area contributed by atoms with Gasteiger partial charge in [-0.1, -0.05) is 30.4 Å². The molecule has 2 nitrogen and oxygen atoms in total. The zero-order valence-electron chi connectivity index (χ0n) is 14.8. The van der Waals surface area contributed by atoms with E-state index in [2.05, 4.69) is 0 Å². The number of allylic oxidation sites excluding steroid dienone is 1. The first-order valence-corrected chi connectivity index (χ1v) is 8.61. The molecule has 0 radical (unpaired) electrons. The second kappa shape index (κ2) is 7.96. The highest BCUT2D eigenvalue weighted by Gasteiger charge is 2.26. The second-order valence-electron chi connectivity index (χ2n) is 6.35. The molecule has 0 aliphatic carbocycles. The summed E-state index contributed by atoms with van der Waals surface area (Å²) in [7, 11) is 1.35. The second-order valence-corrected chi connectivity index (χ2v) is 6.35. The van der Waals surface area contributed by atoms with E-state index >= 15 is 0 Å². The summed E-state index contributed by atoms with van der Waals surface area (Å²) < 4.78 is 53.7. The van der Waals surface area contributed by atoms with Gasteiger partial charge in [0.1, 0.15) is 0 Å². The summed E-state index contributed by atoms with van der Waals surface area (Å²) >= 11 is 0. The normalized spacial score (nSPS) is 20.5. The molecule has 1 fully saturated rings. The maximum absolute atomic E-state index is 14.7. The summed E-state index contributed by atoms with van der Waals surface area (Å²) in [4.78, 5) is 0. The molecule has 0 spiro atoms. The van der Waals surface area contributed by atoms with E-state index < -0.39 is 17.5 Å². The minimum absolute atomic E-state index is 0.0244. The SMILES string of the molecule is C/C=C/C1CCC(c2ccc(-c3ccc(OC)c(F)c3)c(F)c2F)CO1. The summed E-state index contributed by atoms with van der Waals surface area (Å²) in [6, 6.07) is 7.10. The van der Waals surface area contributed by atoms with Crippen LogP contribution < -0.4 is 4.74 Å². The van der Waals surface area contributed by atoms with Crippen LogP contribution in [-0.4, -0.2) is 19.8 Å². The first-order valence-electron chi connectivity index (χ1n) is 8.61. The summed E-state index contributed by atoms with van der Waals surface area (Å²) in [6.45, 7) is 2.27. The van der Waals surface area contributed by atoms with E-state index in [1.54, 1.807) is 6.07 Å². The first kappa shape index (κ1) is 18.5. The molecule has 26 heavy (non-hydrogen) atoms. The maximum Gasteiger partial charge on any atom is 0.166 e. The average molecular weight is 362 g/mol. The van der Waals surface area contributed by atoms with Gasteiger partial charge in [0.2, 0.25) is 0 Å². The third-order valence-corrected chi connectivity index (χ3v) is 4.73. The van der Waals surface area contributed by atoms with Crippen molar-refractivity contribution < 1.29 is 22.6 Å². The molecule has 1 aliphatic heterocycles. The van der Waals surface area contributed by atoms with Gasteiger partial charge in [-0.2, -0.15) is 0 Å². The van der Waals surface area contributed by atoms with E-state index in [9.17, 15) is 13.2 Å². The number of hydrogen-bond donors (Lipinski definition) is 0. The fraction of sp³-hybridized carbons (Fsp3) is 0.333. The lowest BCUT2D eigenvalue weighted by atomic mass is 9.89. The summed E-state index contributed by atoms with van der Waals surface area (Å²) in [5.74, 6) is -2.61. The van der Waals surface area contributed by atoms with E-state index in [0.29, 0.717) is 12.2 Å². The van der Waals surface area contributed by atoms with Crippen molar-refractivity contribution in [3.63, 3.8) is 0 Å². The van der Waals surface area contributed by atoms with Gasteiger partial charge in [0.05, 0.1) is 19.8 Å². The monoisotopic (exact) mass is 362 g/mol. The molecule has 5 heteroatoms. The van der Waals surface area contributed by atoms with Crippen molar-refractivity contribution in [3.8, 4) is 16.9 Å². The lowest BCUT2D eigenvalue weighted by Gasteiger charge is -2.28. The molecule has 0 saturated carbocycles. The van der Waals surface area contributed by atoms with Crippen molar-refractivity contribution >= 4 is 0 Å². The van der Waals surface area contributed by atoms with Crippen LogP contribution in [0.2, 0.25) is 0 Å². The van der Waals surface area contributed by atoms with Gasteiger partial charge in [0.25, 0.3) is 0 Å². The smallest absolute Gasteiger partial charge is 0.166 e. The van der Waals surface area contributed by atoms with E-state index in [1.807, 2.05) is 19.1 Å². The number of hydrogen-bond acceptors (Lipinski definition) is 2. The van der Waals surface area contributed by atoms with Crippen LogP contribution in [0.1, 0.15) is 31.2 Å². The van der Waals surface area contributed by atoms with Crippen LogP contribution in [-0.2, 0) is 4.74 Å². The zero-order chi connectivity index (χ0) is 18.7. The quantitative estimate of drug-likeness (QED) is 0.658. The van der Waals surface area contributed by atoms with Crippen LogP contribution in [0.25, 0.3) is 11.1 Å². The highest BCUT2D eigenvalue weighted by Crippen LogP contribution is 2.35. The Hall–Kier alpha value is -2.27. The Labute approximate surface area is 151 Å². The average Bonchev–Trinajstić information content (AvgIpc) is 2.65. The highest BCUT2D eigenvalue weighted by atomic mass is 19.2. The van der Waals surface area contributed by atoms with Gasteiger partial charge < -0.3 is 9.47 Å². The largest absolute Gasteiger partial charge is 0.494 e. The van der Waals surface area contributed by atoms with Gasteiger partial charge in [-0.05, 0) is 43.0 Å². The van der Waals surface area contributed by atoms with Gasteiger partial charge in [0.15, 0.2) is 23.2 Å². The fourth-order valence-corrected chi connectivity index (χ4v) is 3.32. The Bertz CT molecular complexity index is 809. The van der Waals surface area contributed by atoms with Crippen molar-refractivity contribution in [2.75, 3.05) is 13.7 Å². The Morgan fingerprint density at radius 1 is 1.08 bits per heavy atom. The van der Waals surface area contributed by atoms with Crippen LogP contribution >= 0.6 is 0 Å². The van der Waals surface area contributed by atoms with Crippen LogP contribution in [0.5, 0.6) is 5.75 Å². The molecule has 0 amide bonds. The minimum atomic E-state index is -0.970. The molecular weight excluding hydrogens is 341 g/mol. The Balaban J connectivity index is 1.86. The van der Waals surface area contributed by atoms with Gasteiger partial charge in [0, 0.05) is 11.5 Å². The van der Waals surface area contributed by atoms with Crippen LogP contribution in [0.15, 0.2) is 42.5 Å². The Morgan fingerprint density at radius 2 is 1.88 bits per heavy atom. The molecule has 0 bridgehead atoms. The van der Waals surface area contributed by atoms with Crippen LogP contribution in [0.4, 0.5) is 13.2 Å². The van der Waals surface area contributed by atoms with Crippen molar-refractivity contribution in [1.82, 2.24) is 0 Å². The topological polar surface area (TPSA) is 18.5 Å². The number of halogens is 3. The molecule has 1 aliphatic rings. The van der Waals surface area contributed by atoms with Crippen molar-refractivity contribution in [3.05, 3.63) is 65.5 Å². The molecule has 1 saturated heterocycles. The van der Waals surface area contributed by atoms with Crippen molar-refractivity contribution in [2.45, 2.75) is 31.8 Å². The van der Waals surface area contributed by atoms with Gasteiger partial charge in [-0.3, -0.25) is 0 Å². The van der Waals surface area contributed by atoms with E-state index in [-0.39, 0.29) is 28.9 Å². The Kier molecular flexibility index (Phi) is 5.67. The van der Waals surface area contributed by atoms with E-state index in [0.717, 1.165) is 18.9 Å². The summed E-state index contributed by atoms with van der Waals surface area (Å²) in [5, 5.41) is 0. The van der Waals surface area contributed by atoms with Gasteiger partial charge in [-0.25, -0.2) is 13.2 Å². The third-order valence-electron chi connectivity index (χ3n) is 4.73. The minimum Gasteiger partial charge on any atom is -0.494 e. The van der Waals surface area contributed by atoms with E-state index in [1.165, 1.54) is 25.3 Å². The molecule has 2 atom stereocenters. The number of benzene rings is 2. The molecule has 2 aromatic rings. The lowest BCUT2D eigenvalue weighted by Crippen LogP contribution is -2.24. The predicted molar refractivity (Wildman–Crippen MR) is 94.8 cm³/mol. The van der Waals surface area contributed by atoms with Crippen LogP contribution in [0, 0.1) is 17.5 Å². The fourth-order valence-electron chi connectivity index (χ4n) is 3.32. The van der Waals surface area contributed by atoms with Gasteiger partial charge >= 0.3 is 0 Å². The molecule has 3 rings (SSSR count). The number of ether oxygens (including phenoxy) is 2. The first-order chi connectivity index (χ1) is 12.5. The highest BCUT2D eigenvalue weighted by molar-refractivity contribution is 5.66. The Morgan fingerprint density at radius 3 is 2.50 bits per heavy atom. The predicted octanol–water partition coefficient (Wildman–Crippen LogP) is 5.62. The standard InChI is InChI=1S/C21H21F3O2/c1-3-4-15-7-5-14(12-26-15)17-9-8-16(20(23)21(17)24)13-6-10-19(25-2)18(22)11-13/h3-4,6,8-11,14-15H,5,7,12H2,1-2H3/b4-3+. The van der Waals surface area contributed by atoms with E-state index in [4.69, 9.17) is 9.47 Å². The molecule has 0 aromatic heterocycles. The molecular formula is C21H21F3O2. The summed E-state index contributed by atoms with van der Waals surface area (Å²) in [6.07, 6.45) is 5.41. The van der Waals surface area contributed by atoms with Crippen molar-refractivity contribution in [1.29, 1.82) is 0 Å². The molecule has 138 valence electrons. The lowest BCUT2D eigenvalue weighted by molar-refractivity contribution is 0.0317. The number of methoxy groups -OCH3 is 1. The maximum atomic E-state index is 14.7. The zero-order valence-corrected chi connectivity index (χ0v) is 14.8. The number of rotatable bonds is 4. The molecule has 1 heterocycles. The van der Waals surface area contributed by atoms with Gasteiger partial charge in [-0.15, -0.1) is 0 Å². The van der Waals surface area contributed by atoms with Crippen LogP contribution in [0.3, 0.4) is 0 Å². The molecule has 2 aromatic carbocycles. The summed E-state index contributed by atoms with van der Waals surface area (Å²) in [5.41, 5.74) is 0.592. The molecule has 2 unspecified atom stereocenters.